The van der Waals surface area contributed by atoms with Crippen molar-refractivity contribution in [1.29, 1.82) is 0 Å². The number of benzene rings is 3. The number of carbonyl (C=O) groups is 2. The van der Waals surface area contributed by atoms with E-state index in [2.05, 4.69) is 17.6 Å². The highest BCUT2D eigenvalue weighted by Gasteiger charge is 2.13. The predicted octanol–water partition coefficient (Wildman–Crippen LogP) is 8.99. The van der Waals surface area contributed by atoms with E-state index in [9.17, 15) is 9.59 Å². The Balaban J connectivity index is 1.52. The van der Waals surface area contributed by atoms with Crippen LogP contribution in [0.2, 0.25) is 0 Å². The summed E-state index contributed by atoms with van der Waals surface area (Å²) in [6, 6.07) is 19.5. The molecule has 0 radical (unpaired) electrons. The van der Waals surface area contributed by atoms with Gasteiger partial charge in [-0.25, -0.2) is 0 Å². The van der Waals surface area contributed by atoms with Crippen LogP contribution in [0.1, 0.15) is 117 Å². The normalized spacial score (nSPS) is 10.9. The Morgan fingerprint density at radius 1 is 0.585 bits per heavy atom. The third kappa shape index (κ3) is 11.7. The lowest BCUT2D eigenvalue weighted by atomic mass is 10.0. The van der Waals surface area contributed by atoms with Crippen LogP contribution in [0.4, 0.5) is 22.7 Å². The van der Waals surface area contributed by atoms with Crippen molar-refractivity contribution >= 4 is 34.6 Å². The SMILES string of the molecule is CCCCCCCCCCCCCCCc1ccc(NC(=O)c2cccc(N)c2)cc1NC(=O)c1cccc(N)c1. The van der Waals surface area contributed by atoms with Crippen LogP contribution in [0.25, 0.3) is 0 Å². The average molecular weight is 557 g/mol. The minimum absolute atomic E-state index is 0.233. The van der Waals surface area contributed by atoms with Crippen molar-refractivity contribution in [3.05, 3.63) is 83.4 Å². The van der Waals surface area contributed by atoms with Crippen molar-refractivity contribution in [2.45, 2.75) is 96.8 Å². The molecule has 0 heterocycles. The number of nitrogens with two attached hydrogens (primary N) is 2. The van der Waals surface area contributed by atoms with Crippen LogP contribution in [0, 0.1) is 0 Å². The monoisotopic (exact) mass is 556 g/mol. The molecule has 3 rings (SSSR count). The number of carbonyl (C=O) groups excluding carboxylic acids is 2. The summed E-state index contributed by atoms with van der Waals surface area (Å²) < 4.78 is 0. The molecule has 0 aliphatic heterocycles. The van der Waals surface area contributed by atoms with Gasteiger partial charge in [0, 0.05) is 33.9 Å². The van der Waals surface area contributed by atoms with Crippen LogP contribution < -0.4 is 22.1 Å². The van der Waals surface area contributed by atoms with E-state index in [0.717, 1.165) is 24.8 Å². The molecule has 0 bridgehead atoms. The van der Waals surface area contributed by atoms with E-state index in [4.69, 9.17) is 11.5 Å². The van der Waals surface area contributed by atoms with Gasteiger partial charge >= 0.3 is 0 Å². The number of hydrogen-bond donors (Lipinski definition) is 4. The lowest BCUT2D eigenvalue weighted by Gasteiger charge is -2.14. The van der Waals surface area contributed by atoms with E-state index in [0.29, 0.717) is 33.9 Å². The summed E-state index contributed by atoms with van der Waals surface area (Å²) in [6.45, 7) is 2.27. The number of nitrogen functional groups attached to an aromatic ring is 2. The van der Waals surface area contributed by atoms with Gasteiger partial charge in [-0.05, 0) is 66.9 Å². The highest BCUT2D eigenvalue weighted by atomic mass is 16.2. The molecule has 0 aromatic heterocycles. The molecule has 2 amide bonds. The third-order valence-electron chi connectivity index (χ3n) is 7.46. The Kier molecular flexibility index (Phi) is 13.8. The molecular weight excluding hydrogens is 508 g/mol. The molecule has 0 saturated carbocycles. The minimum atomic E-state index is -0.255. The Morgan fingerprint density at radius 3 is 1.59 bits per heavy atom. The van der Waals surface area contributed by atoms with Crippen LogP contribution >= 0.6 is 0 Å². The number of rotatable bonds is 18. The smallest absolute Gasteiger partial charge is 0.255 e. The van der Waals surface area contributed by atoms with Gasteiger partial charge in [0.1, 0.15) is 0 Å². The highest BCUT2D eigenvalue weighted by molar-refractivity contribution is 6.07. The number of aryl methyl sites for hydroxylation is 1. The van der Waals surface area contributed by atoms with E-state index < -0.39 is 0 Å². The number of nitrogens with one attached hydrogen (secondary N) is 2. The lowest BCUT2D eigenvalue weighted by Crippen LogP contribution is -2.15. The molecule has 0 fully saturated rings. The van der Waals surface area contributed by atoms with Gasteiger partial charge in [0.15, 0.2) is 0 Å². The highest BCUT2D eigenvalue weighted by Crippen LogP contribution is 2.25. The molecule has 3 aromatic carbocycles. The molecule has 0 aliphatic carbocycles. The summed E-state index contributed by atoms with van der Waals surface area (Å²) in [5.41, 5.74) is 16.1. The van der Waals surface area contributed by atoms with Crippen LogP contribution in [0.5, 0.6) is 0 Å². The molecule has 0 aliphatic rings. The van der Waals surface area contributed by atoms with Gasteiger partial charge < -0.3 is 22.1 Å². The molecule has 3 aromatic rings. The maximum Gasteiger partial charge on any atom is 0.255 e. The second-order valence-electron chi connectivity index (χ2n) is 11.0. The van der Waals surface area contributed by atoms with Crippen LogP contribution in [0.3, 0.4) is 0 Å². The number of anilines is 4. The Labute approximate surface area is 246 Å². The van der Waals surface area contributed by atoms with E-state index in [1.54, 1.807) is 48.5 Å². The van der Waals surface area contributed by atoms with Crippen LogP contribution in [0.15, 0.2) is 66.7 Å². The van der Waals surface area contributed by atoms with Crippen molar-refractivity contribution in [2.75, 3.05) is 22.1 Å². The van der Waals surface area contributed by atoms with Gasteiger partial charge in [0.2, 0.25) is 0 Å². The zero-order valence-electron chi connectivity index (χ0n) is 24.7. The number of hydrogen-bond acceptors (Lipinski definition) is 4. The van der Waals surface area contributed by atoms with Crippen molar-refractivity contribution in [2.24, 2.45) is 0 Å². The van der Waals surface area contributed by atoms with E-state index in [1.807, 2.05) is 18.2 Å². The first-order valence-electron chi connectivity index (χ1n) is 15.4. The van der Waals surface area contributed by atoms with E-state index >= 15 is 0 Å². The molecule has 6 nitrogen and oxygen atoms in total. The van der Waals surface area contributed by atoms with Gasteiger partial charge in [-0.1, -0.05) is 102 Å². The molecule has 6 N–H and O–H groups in total. The second kappa shape index (κ2) is 17.8. The molecular formula is C35H48N4O2. The van der Waals surface area contributed by atoms with Gasteiger partial charge in [0.05, 0.1) is 0 Å². The number of unbranched alkanes of at least 4 members (excludes halogenated alkanes) is 12. The summed E-state index contributed by atoms with van der Waals surface area (Å²) in [5, 5.41) is 5.97. The maximum absolute atomic E-state index is 13.0. The fourth-order valence-corrected chi connectivity index (χ4v) is 5.08. The first-order valence-corrected chi connectivity index (χ1v) is 15.4. The Hall–Kier alpha value is -3.80. The summed E-state index contributed by atoms with van der Waals surface area (Å²) in [5.74, 6) is -0.488. The van der Waals surface area contributed by atoms with Crippen molar-refractivity contribution in [3.63, 3.8) is 0 Å². The zero-order valence-corrected chi connectivity index (χ0v) is 24.7. The molecule has 0 saturated heterocycles. The second-order valence-corrected chi connectivity index (χ2v) is 11.0. The summed E-state index contributed by atoms with van der Waals surface area (Å²) >= 11 is 0. The largest absolute Gasteiger partial charge is 0.399 e. The fourth-order valence-electron chi connectivity index (χ4n) is 5.08. The van der Waals surface area contributed by atoms with Gasteiger partial charge in [-0.2, -0.15) is 0 Å². The van der Waals surface area contributed by atoms with Gasteiger partial charge in [-0.3, -0.25) is 9.59 Å². The van der Waals surface area contributed by atoms with E-state index in [1.165, 1.54) is 70.6 Å². The van der Waals surface area contributed by atoms with Crippen molar-refractivity contribution in [3.8, 4) is 0 Å². The first-order chi connectivity index (χ1) is 20.0. The average Bonchev–Trinajstić information content (AvgIpc) is 2.96. The predicted molar refractivity (Wildman–Crippen MR) is 173 cm³/mol. The minimum Gasteiger partial charge on any atom is -0.399 e. The van der Waals surface area contributed by atoms with Crippen molar-refractivity contribution in [1.82, 2.24) is 0 Å². The molecule has 6 heteroatoms. The molecule has 41 heavy (non-hydrogen) atoms. The van der Waals surface area contributed by atoms with Crippen LogP contribution in [-0.4, -0.2) is 11.8 Å². The molecule has 0 atom stereocenters. The van der Waals surface area contributed by atoms with Crippen molar-refractivity contribution < 1.29 is 9.59 Å². The van der Waals surface area contributed by atoms with Gasteiger partial charge in [-0.15, -0.1) is 0 Å². The van der Waals surface area contributed by atoms with E-state index in [-0.39, 0.29) is 11.8 Å². The zero-order chi connectivity index (χ0) is 29.3. The lowest BCUT2D eigenvalue weighted by molar-refractivity contribution is 0.101. The topological polar surface area (TPSA) is 110 Å². The van der Waals surface area contributed by atoms with Crippen LogP contribution in [-0.2, 0) is 6.42 Å². The maximum atomic E-state index is 13.0. The Morgan fingerprint density at radius 2 is 1.07 bits per heavy atom. The summed E-state index contributed by atoms with van der Waals surface area (Å²) in [7, 11) is 0. The fraction of sp³-hybridized carbons (Fsp3) is 0.429. The quantitative estimate of drug-likeness (QED) is 0.0925. The number of amides is 2. The first kappa shape index (κ1) is 31.7. The molecule has 0 unspecified atom stereocenters. The summed E-state index contributed by atoms with van der Waals surface area (Å²) in [6.07, 6.45) is 17.8. The Bertz CT molecular complexity index is 1240. The molecule has 0 spiro atoms. The van der Waals surface area contributed by atoms with Gasteiger partial charge in [0.25, 0.3) is 11.8 Å². The third-order valence-corrected chi connectivity index (χ3v) is 7.46. The summed E-state index contributed by atoms with van der Waals surface area (Å²) in [4.78, 5) is 25.8. The standard InChI is InChI=1S/C35H48N4O2/c1-2-3-4-5-6-7-8-9-10-11-12-13-14-17-27-22-23-32(38-34(40)28-18-15-20-30(36)24-28)26-33(27)39-35(41)29-19-16-21-31(37)25-29/h15-16,18-26H,2-14,17,36-37H2,1H3,(H,38,40)(H,39,41). The molecule has 220 valence electrons.